The number of nitrogens with one attached hydrogen (secondary N) is 1. The Morgan fingerprint density at radius 1 is 1.23 bits per heavy atom. The van der Waals surface area contributed by atoms with Crippen molar-refractivity contribution in [2.45, 2.75) is 39.3 Å². The van der Waals surface area contributed by atoms with Gasteiger partial charge in [-0.15, -0.1) is 11.3 Å². The first-order chi connectivity index (χ1) is 12.5. The second-order valence-electron chi connectivity index (χ2n) is 7.42. The zero-order chi connectivity index (χ0) is 18.5. The first-order valence-electron chi connectivity index (χ1n) is 9.33. The highest BCUT2D eigenvalue weighted by Crippen LogP contribution is 2.27. The van der Waals surface area contributed by atoms with Crippen LogP contribution >= 0.6 is 11.3 Å². The molecule has 1 N–H and O–H groups in total. The first kappa shape index (κ1) is 19.1. The van der Waals surface area contributed by atoms with Gasteiger partial charge in [0.25, 0.3) is 0 Å². The number of amides is 1. The third kappa shape index (κ3) is 4.92. The van der Waals surface area contributed by atoms with Crippen molar-refractivity contribution >= 4 is 17.2 Å². The minimum Gasteiger partial charge on any atom is -0.348 e. The van der Waals surface area contributed by atoms with Crippen LogP contribution in [0.5, 0.6) is 0 Å². The molecule has 3 rings (SSSR count). The van der Waals surface area contributed by atoms with E-state index in [4.69, 9.17) is 0 Å². The SMILES string of the molecule is CC(C)[C@@H](NC(=O)C1CCN(Cc2ccc(F)cc2)CC1)c1cccs1. The number of thiophene rings is 1. The van der Waals surface area contributed by atoms with Gasteiger partial charge in [-0.25, -0.2) is 4.39 Å². The predicted octanol–water partition coefficient (Wildman–Crippen LogP) is 4.61. The quantitative estimate of drug-likeness (QED) is 0.801. The van der Waals surface area contributed by atoms with E-state index in [1.807, 2.05) is 18.2 Å². The van der Waals surface area contributed by atoms with E-state index >= 15 is 0 Å². The monoisotopic (exact) mass is 374 g/mol. The lowest BCUT2D eigenvalue weighted by Gasteiger charge is -2.32. The van der Waals surface area contributed by atoms with Crippen LogP contribution in [0.3, 0.4) is 0 Å². The van der Waals surface area contributed by atoms with Crippen LogP contribution in [0.15, 0.2) is 41.8 Å². The van der Waals surface area contributed by atoms with Crippen LogP contribution < -0.4 is 5.32 Å². The summed E-state index contributed by atoms with van der Waals surface area (Å²) < 4.78 is 13.0. The zero-order valence-corrected chi connectivity index (χ0v) is 16.3. The third-order valence-corrected chi connectivity index (χ3v) is 6.05. The fourth-order valence-electron chi connectivity index (χ4n) is 3.51. The average Bonchev–Trinajstić information content (AvgIpc) is 3.16. The van der Waals surface area contributed by atoms with Crippen molar-refractivity contribution in [1.82, 2.24) is 10.2 Å². The molecule has 1 amide bonds. The van der Waals surface area contributed by atoms with Crippen molar-refractivity contribution in [2.75, 3.05) is 13.1 Å². The first-order valence-corrected chi connectivity index (χ1v) is 10.2. The van der Waals surface area contributed by atoms with Crippen LogP contribution in [0.4, 0.5) is 4.39 Å². The minimum absolute atomic E-state index is 0.0840. The number of rotatable bonds is 6. The summed E-state index contributed by atoms with van der Waals surface area (Å²) in [6, 6.07) is 10.9. The average molecular weight is 375 g/mol. The normalized spacial score (nSPS) is 17.4. The maximum Gasteiger partial charge on any atom is 0.223 e. The number of piperidine rings is 1. The van der Waals surface area contributed by atoms with Crippen molar-refractivity contribution in [3.63, 3.8) is 0 Å². The Bertz CT molecular complexity index is 691. The Kier molecular flexibility index (Phi) is 6.43. The van der Waals surface area contributed by atoms with Gasteiger partial charge in [0, 0.05) is 17.3 Å². The van der Waals surface area contributed by atoms with Crippen molar-refractivity contribution in [3.8, 4) is 0 Å². The van der Waals surface area contributed by atoms with Crippen LogP contribution in [-0.4, -0.2) is 23.9 Å². The van der Waals surface area contributed by atoms with Gasteiger partial charge in [-0.3, -0.25) is 9.69 Å². The predicted molar refractivity (Wildman–Crippen MR) is 104 cm³/mol. The summed E-state index contributed by atoms with van der Waals surface area (Å²) in [5, 5.41) is 5.33. The van der Waals surface area contributed by atoms with E-state index in [2.05, 4.69) is 35.5 Å². The molecule has 1 fully saturated rings. The Hall–Kier alpha value is -1.72. The molecule has 1 aromatic heterocycles. The van der Waals surface area contributed by atoms with E-state index < -0.39 is 0 Å². The maximum absolute atomic E-state index is 13.0. The molecule has 0 radical (unpaired) electrons. The molecule has 140 valence electrons. The van der Waals surface area contributed by atoms with Gasteiger partial charge in [-0.1, -0.05) is 32.0 Å². The molecule has 1 saturated heterocycles. The Morgan fingerprint density at radius 2 is 1.92 bits per heavy atom. The fraction of sp³-hybridized carbons (Fsp3) is 0.476. The summed E-state index contributed by atoms with van der Waals surface area (Å²) in [7, 11) is 0. The maximum atomic E-state index is 13.0. The molecule has 2 heterocycles. The highest BCUT2D eigenvalue weighted by molar-refractivity contribution is 7.10. The van der Waals surface area contributed by atoms with Crippen molar-refractivity contribution in [3.05, 3.63) is 58.0 Å². The lowest BCUT2D eigenvalue weighted by Crippen LogP contribution is -2.42. The highest BCUT2D eigenvalue weighted by atomic mass is 32.1. The van der Waals surface area contributed by atoms with E-state index in [1.54, 1.807) is 11.3 Å². The summed E-state index contributed by atoms with van der Waals surface area (Å²) in [6.07, 6.45) is 1.75. The zero-order valence-electron chi connectivity index (χ0n) is 15.5. The van der Waals surface area contributed by atoms with Gasteiger partial charge >= 0.3 is 0 Å². The molecule has 1 aliphatic rings. The van der Waals surface area contributed by atoms with Crippen molar-refractivity contribution in [1.29, 1.82) is 0 Å². The number of carbonyl (C=O) groups excluding carboxylic acids is 1. The second kappa shape index (κ2) is 8.78. The van der Waals surface area contributed by atoms with Gasteiger partial charge in [0.1, 0.15) is 5.82 Å². The molecular weight excluding hydrogens is 347 g/mol. The van der Waals surface area contributed by atoms with Crippen LogP contribution in [0.25, 0.3) is 0 Å². The number of hydrogen-bond donors (Lipinski definition) is 1. The summed E-state index contributed by atoms with van der Waals surface area (Å²) >= 11 is 1.70. The molecule has 1 atom stereocenters. The molecule has 1 aliphatic heterocycles. The molecule has 2 aromatic rings. The van der Waals surface area contributed by atoms with Crippen LogP contribution in [0.2, 0.25) is 0 Å². The summed E-state index contributed by atoms with van der Waals surface area (Å²) in [6.45, 7) is 6.92. The lowest BCUT2D eigenvalue weighted by atomic mass is 9.94. The molecule has 5 heteroatoms. The Labute approximate surface area is 159 Å². The third-order valence-electron chi connectivity index (χ3n) is 5.09. The van der Waals surface area contributed by atoms with E-state index in [-0.39, 0.29) is 23.7 Å². The van der Waals surface area contributed by atoms with Gasteiger partial charge < -0.3 is 5.32 Å². The molecule has 0 saturated carbocycles. The largest absolute Gasteiger partial charge is 0.348 e. The second-order valence-corrected chi connectivity index (χ2v) is 8.40. The van der Waals surface area contributed by atoms with Crippen LogP contribution in [0, 0.1) is 17.7 Å². The van der Waals surface area contributed by atoms with E-state index in [0.717, 1.165) is 38.0 Å². The highest BCUT2D eigenvalue weighted by Gasteiger charge is 2.28. The van der Waals surface area contributed by atoms with Gasteiger partial charge in [0.2, 0.25) is 5.91 Å². The Morgan fingerprint density at radius 3 is 2.50 bits per heavy atom. The van der Waals surface area contributed by atoms with Gasteiger partial charge in [-0.2, -0.15) is 0 Å². The minimum atomic E-state index is -0.199. The molecule has 1 aromatic carbocycles. The molecule has 0 spiro atoms. The smallest absolute Gasteiger partial charge is 0.223 e. The molecule has 0 aliphatic carbocycles. The Balaban J connectivity index is 1.50. The van der Waals surface area contributed by atoms with Crippen molar-refractivity contribution < 1.29 is 9.18 Å². The number of nitrogens with zero attached hydrogens (tertiary/aromatic N) is 1. The van der Waals surface area contributed by atoms with Crippen LogP contribution in [-0.2, 0) is 11.3 Å². The van der Waals surface area contributed by atoms with E-state index in [9.17, 15) is 9.18 Å². The summed E-state index contributed by atoms with van der Waals surface area (Å²) in [5.41, 5.74) is 1.12. The number of benzene rings is 1. The summed E-state index contributed by atoms with van der Waals surface area (Å²) in [5.74, 6) is 0.435. The topological polar surface area (TPSA) is 32.3 Å². The molecule has 0 bridgehead atoms. The number of hydrogen-bond acceptors (Lipinski definition) is 3. The van der Waals surface area contributed by atoms with Crippen LogP contribution in [0.1, 0.15) is 43.2 Å². The van der Waals surface area contributed by atoms with Gasteiger partial charge in [0.05, 0.1) is 6.04 Å². The fourth-order valence-corrected chi connectivity index (χ4v) is 4.46. The van der Waals surface area contributed by atoms with E-state index in [0.29, 0.717) is 5.92 Å². The van der Waals surface area contributed by atoms with E-state index in [1.165, 1.54) is 17.0 Å². The number of carbonyl (C=O) groups is 1. The van der Waals surface area contributed by atoms with Gasteiger partial charge in [-0.05, 0) is 61.0 Å². The molecule has 3 nitrogen and oxygen atoms in total. The standard InChI is InChI=1S/C21H27FN2OS/c1-15(2)20(19-4-3-13-26-19)23-21(25)17-9-11-24(12-10-17)14-16-5-7-18(22)8-6-16/h3-8,13,15,17,20H,9-12,14H2,1-2H3,(H,23,25)/t20-/m1/s1. The lowest BCUT2D eigenvalue weighted by molar-refractivity contribution is -0.127. The molecule has 26 heavy (non-hydrogen) atoms. The number of likely N-dealkylation sites (tertiary alicyclic amines) is 1. The van der Waals surface area contributed by atoms with Crippen molar-refractivity contribution in [2.24, 2.45) is 11.8 Å². The molecular formula is C21H27FN2OS. The number of halogens is 1. The summed E-state index contributed by atoms with van der Waals surface area (Å²) in [4.78, 5) is 16.3. The molecule has 0 unspecified atom stereocenters. The van der Waals surface area contributed by atoms with Gasteiger partial charge in [0.15, 0.2) is 0 Å².